The topological polar surface area (TPSA) is 55.1 Å². The monoisotopic (exact) mass is 320 g/mol. The molecule has 0 amide bonds. The van der Waals surface area contributed by atoms with Crippen molar-refractivity contribution in [2.45, 2.75) is 0 Å². The van der Waals surface area contributed by atoms with Crippen LogP contribution in [0.15, 0.2) is 36.4 Å². The first-order valence-corrected chi connectivity index (χ1v) is 6.89. The van der Waals surface area contributed by atoms with Crippen molar-refractivity contribution >= 4 is 40.1 Å². The minimum Gasteiger partial charge on any atom is -0.477 e. The quantitative estimate of drug-likeness (QED) is 0.768. The van der Waals surface area contributed by atoms with Crippen molar-refractivity contribution in [3.63, 3.8) is 0 Å². The summed E-state index contributed by atoms with van der Waals surface area (Å²) in [6, 6.07) is 10.5. The maximum Gasteiger partial charge on any atom is 0.354 e. The zero-order valence-electron chi connectivity index (χ0n) is 11.0. The number of aryl methyl sites for hydroxylation is 1. The van der Waals surface area contributed by atoms with Crippen LogP contribution in [-0.2, 0) is 7.05 Å². The summed E-state index contributed by atoms with van der Waals surface area (Å²) in [5.74, 6) is -1.02. The first kappa shape index (κ1) is 13.9. The Kier molecular flexibility index (Phi) is 3.35. The number of carboxylic acids is 1. The van der Waals surface area contributed by atoms with Crippen molar-refractivity contribution in [2.24, 2.45) is 7.05 Å². The highest BCUT2D eigenvalue weighted by molar-refractivity contribution is 6.35. The Bertz CT molecular complexity index is 871. The Morgan fingerprint density at radius 3 is 2.67 bits per heavy atom. The fourth-order valence-electron chi connectivity index (χ4n) is 2.39. The second-order valence-corrected chi connectivity index (χ2v) is 5.45. The largest absolute Gasteiger partial charge is 0.477 e. The maximum atomic E-state index is 11.4. The Hall–Kier alpha value is -2.04. The number of carboxylic acid groups (broad SMARTS) is 1. The van der Waals surface area contributed by atoms with Crippen molar-refractivity contribution in [1.82, 2.24) is 9.78 Å². The predicted octanol–water partition coefficient (Wildman–Crippen LogP) is 4.25. The molecule has 0 aliphatic heterocycles. The smallest absolute Gasteiger partial charge is 0.354 e. The van der Waals surface area contributed by atoms with Crippen molar-refractivity contribution < 1.29 is 9.90 Å². The third kappa shape index (κ3) is 2.26. The minimum atomic E-state index is -1.02. The van der Waals surface area contributed by atoms with E-state index in [1.807, 2.05) is 6.07 Å². The van der Waals surface area contributed by atoms with Crippen LogP contribution in [0.25, 0.3) is 22.0 Å². The summed E-state index contributed by atoms with van der Waals surface area (Å²) in [7, 11) is 1.60. The molecule has 2 aromatic carbocycles. The van der Waals surface area contributed by atoms with E-state index < -0.39 is 5.97 Å². The molecule has 0 atom stereocenters. The van der Waals surface area contributed by atoms with Gasteiger partial charge in [0.05, 0.1) is 0 Å². The van der Waals surface area contributed by atoms with Crippen molar-refractivity contribution in [3.8, 4) is 11.1 Å². The van der Waals surface area contributed by atoms with Gasteiger partial charge in [-0.05, 0) is 18.2 Å². The molecule has 0 spiro atoms. The van der Waals surface area contributed by atoms with Gasteiger partial charge in [0.15, 0.2) is 5.69 Å². The maximum absolute atomic E-state index is 11.4. The molecule has 0 bridgehead atoms. The molecule has 4 nitrogen and oxygen atoms in total. The van der Waals surface area contributed by atoms with Crippen LogP contribution in [-0.4, -0.2) is 20.9 Å². The van der Waals surface area contributed by atoms with Crippen molar-refractivity contribution in [2.75, 3.05) is 0 Å². The van der Waals surface area contributed by atoms with Crippen LogP contribution < -0.4 is 0 Å². The van der Waals surface area contributed by atoms with E-state index in [0.29, 0.717) is 20.9 Å². The summed E-state index contributed by atoms with van der Waals surface area (Å²) in [6.07, 6.45) is 0. The zero-order chi connectivity index (χ0) is 15.1. The lowest BCUT2D eigenvalue weighted by molar-refractivity contribution is 0.0687. The van der Waals surface area contributed by atoms with Gasteiger partial charge in [-0.2, -0.15) is 5.10 Å². The Balaban J connectivity index is 2.37. The van der Waals surface area contributed by atoms with Crippen LogP contribution in [0.3, 0.4) is 0 Å². The Morgan fingerprint density at radius 2 is 1.95 bits per heavy atom. The highest BCUT2D eigenvalue weighted by Gasteiger charge is 2.19. The molecule has 3 aromatic rings. The summed E-state index contributed by atoms with van der Waals surface area (Å²) >= 11 is 12.3. The normalized spacial score (nSPS) is 11.0. The molecule has 0 aliphatic carbocycles. The van der Waals surface area contributed by atoms with E-state index >= 15 is 0 Å². The summed E-state index contributed by atoms with van der Waals surface area (Å²) in [6.45, 7) is 0. The van der Waals surface area contributed by atoms with E-state index in [1.165, 1.54) is 4.68 Å². The van der Waals surface area contributed by atoms with Gasteiger partial charge in [-0.15, -0.1) is 0 Å². The molecule has 0 saturated carbocycles. The van der Waals surface area contributed by atoms with Gasteiger partial charge in [0.2, 0.25) is 0 Å². The zero-order valence-corrected chi connectivity index (χ0v) is 12.5. The second-order valence-electron chi connectivity index (χ2n) is 4.60. The van der Waals surface area contributed by atoms with E-state index in [4.69, 9.17) is 23.2 Å². The van der Waals surface area contributed by atoms with E-state index in [2.05, 4.69) is 5.10 Å². The molecule has 0 aliphatic rings. The van der Waals surface area contributed by atoms with Crippen LogP contribution in [0.5, 0.6) is 0 Å². The second kappa shape index (κ2) is 5.06. The predicted molar refractivity (Wildman–Crippen MR) is 83.1 cm³/mol. The van der Waals surface area contributed by atoms with Gasteiger partial charge < -0.3 is 5.11 Å². The summed E-state index contributed by atoms with van der Waals surface area (Å²) in [4.78, 5) is 11.4. The number of carbonyl (C=O) groups is 1. The molecule has 1 N–H and O–H groups in total. The Labute approximate surface area is 130 Å². The van der Waals surface area contributed by atoms with Crippen LogP contribution >= 0.6 is 23.2 Å². The van der Waals surface area contributed by atoms with E-state index in [-0.39, 0.29) is 5.69 Å². The van der Waals surface area contributed by atoms with Gasteiger partial charge in [-0.3, -0.25) is 4.68 Å². The highest BCUT2D eigenvalue weighted by atomic mass is 35.5. The van der Waals surface area contributed by atoms with E-state index in [0.717, 1.165) is 11.1 Å². The molecule has 1 heterocycles. The SMILES string of the molecule is Cn1nc2c(-c3cc(Cl)ccc3Cl)cccc2c1C(=O)O. The number of aromatic carboxylic acids is 1. The molecule has 0 unspecified atom stereocenters. The van der Waals surface area contributed by atoms with Gasteiger partial charge >= 0.3 is 5.97 Å². The number of benzene rings is 2. The van der Waals surface area contributed by atoms with E-state index in [1.54, 1.807) is 37.4 Å². The Morgan fingerprint density at radius 1 is 1.19 bits per heavy atom. The van der Waals surface area contributed by atoms with Gasteiger partial charge in [-0.1, -0.05) is 41.4 Å². The van der Waals surface area contributed by atoms with Crippen LogP contribution in [0.4, 0.5) is 0 Å². The van der Waals surface area contributed by atoms with Gasteiger partial charge in [-0.25, -0.2) is 4.79 Å². The van der Waals surface area contributed by atoms with E-state index in [9.17, 15) is 9.90 Å². The number of rotatable bonds is 2. The third-order valence-corrected chi connectivity index (χ3v) is 3.85. The molecule has 106 valence electrons. The highest BCUT2D eigenvalue weighted by Crippen LogP contribution is 2.35. The number of aromatic nitrogens is 2. The summed E-state index contributed by atoms with van der Waals surface area (Å²) in [5, 5.41) is 15.3. The number of hydrogen-bond donors (Lipinski definition) is 1. The average molecular weight is 321 g/mol. The molecular weight excluding hydrogens is 311 g/mol. The average Bonchev–Trinajstić information content (AvgIpc) is 2.77. The van der Waals surface area contributed by atoms with Gasteiger partial charge in [0, 0.05) is 33.6 Å². The van der Waals surface area contributed by atoms with Crippen molar-refractivity contribution in [1.29, 1.82) is 0 Å². The van der Waals surface area contributed by atoms with Crippen LogP contribution in [0.1, 0.15) is 10.5 Å². The summed E-state index contributed by atoms with van der Waals surface area (Å²) < 4.78 is 1.36. The molecule has 21 heavy (non-hydrogen) atoms. The number of fused-ring (bicyclic) bond motifs is 1. The molecule has 6 heteroatoms. The molecule has 0 radical (unpaired) electrons. The number of hydrogen-bond acceptors (Lipinski definition) is 2. The van der Waals surface area contributed by atoms with Crippen molar-refractivity contribution in [3.05, 3.63) is 52.1 Å². The van der Waals surface area contributed by atoms with Gasteiger partial charge in [0.1, 0.15) is 5.52 Å². The summed E-state index contributed by atoms with van der Waals surface area (Å²) in [5.41, 5.74) is 2.21. The molecule has 0 saturated heterocycles. The van der Waals surface area contributed by atoms with Gasteiger partial charge in [0.25, 0.3) is 0 Å². The molecular formula is C15H10Cl2N2O2. The molecule has 3 rings (SSSR count). The number of halogens is 2. The lowest BCUT2D eigenvalue weighted by Crippen LogP contribution is -2.05. The van der Waals surface area contributed by atoms with Crippen LogP contribution in [0.2, 0.25) is 10.0 Å². The molecule has 0 fully saturated rings. The lowest BCUT2D eigenvalue weighted by atomic mass is 10.0. The number of nitrogens with zero attached hydrogens (tertiary/aromatic N) is 2. The third-order valence-electron chi connectivity index (χ3n) is 3.29. The first-order chi connectivity index (χ1) is 9.99. The first-order valence-electron chi connectivity index (χ1n) is 6.13. The molecule has 1 aromatic heterocycles. The minimum absolute atomic E-state index is 0.144. The fraction of sp³-hybridized carbons (Fsp3) is 0.0667. The lowest BCUT2D eigenvalue weighted by Gasteiger charge is -2.06. The van der Waals surface area contributed by atoms with Crippen LogP contribution in [0, 0.1) is 0 Å². The standard InChI is InChI=1S/C15H10Cl2N2O2/c1-19-14(15(20)21)10-4-2-3-9(13(10)18-19)11-7-8(16)5-6-12(11)17/h2-7H,1H3,(H,20,21). The fourth-order valence-corrected chi connectivity index (χ4v) is 2.78.